The van der Waals surface area contributed by atoms with Gasteiger partial charge in [0.25, 0.3) is 0 Å². The van der Waals surface area contributed by atoms with Crippen molar-refractivity contribution < 1.29 is 14.3 Å². The molecule has 0 aliphatic heterocycles. The lowest BCUT2D eigenvalue weighted by molar-refractivity contribution is 0.0521. The summed E-state index contributed by atoms with van der Waals surface area (Å²) < 4.78 is 13.8. The number of halogens is 3. The zero-order valence-electron chi connectivity index (χ0n) is 11.1. The van der Waals surface area contributed by atoms with E-state index >= 15 is 0 Å². The van der Waals surface area contributed by atoms with Crippen molar-refractivity contribution in [2.75, 3.05) is 6.61 Å². The Morgan fingerprint density at radius 1 is 1.21 bits per heavy atom. The van der Waals surface area contributed by atoms with Crippen LogP contribution >= 0.6 is 67.8 Å². The summed E-state index contributed by atoms with van der Waals surface area (Å²) in [6.07, 6.45) is 0. The minimum absolute atomic E-state index is 0.300. The quantitative estimate of drug-likeness (QED) is 0.368. The van der Waals surface area contributed by atoms with E-state index in [0.717, 1.165) is 16.5 Å². The first-order valence-electron chi connectivity index (χ1n) is 5.71. The molecule has 0 unspecified atom stereocenters. The third kappa shape index (κ3) is 4.87. The van der Waals surface area contributed by atoms with Crippen LogP contribution < -0.4 is 4.74 Å². The Labute approximate surface area is 154 Å². The van der Waals surface area contributed by atoms with Crippen LogP contribution in [-0.2, 0) is 4.74 Å². The lowest BCUT2D eigenvalue weighted by Crippen LogP contribution is -2.25. The fraction of sp³-hybridized carbons (Fsp3) is 0.462. The molecule has 6 heteroatoms. The van der Waals surface area contributed by atoms with E-state index in [4.69, 9.17) is 9.47 Å². The van der Waals surface area contributed by atoms with E-state index in [0.29, 0.717) is 12.2 Å². The number of rotatable bonds is 3. The van der Waals surface area contributed by atoms with Crippen LogP contribution in [0.4, 0.5) is 0 Å². The molecule has 0 atom stereocenters. The third-order valence-electron chi connectivity index (χ3n) is 2.02. The summed E-state index contributed by atoms with van der Waals surface area (Å²) in [6, 6.07) is 1.94. The van der Waals surface area contributed by atoms with Crippen LogP contribution in [0.25, 0.3) is 0 Å². The fourth-order valence-corrected chi connectivity index (χ4v) is 5.39. The standard InChI is InChI=1S/C13H15I3O3/c1-5-18-12(17)9-7(14)6-8(15)11(10(9)16)19-13(2,3)4/h6H,5H2,1-4H3. The molecule has 0 saturated carbocycles. The lowest BCUT2D eigenvalue weighted by Gasteiger charge is -2.24. The number of esters is 1. The Morgan fingerprint density at radius 3 is 2.26 bits per heavy atom. The minimum Gasteiger partial charge on any atom is -0.486 e. The fourth-order valence-electron chi connectivity index (χ4n) is 1.36. The smallest absolute Gasteiger partial charge is 0.340 e. The Kier molecular flexibility index (Phi) is 6.62. The lowest BCUT2D eigenvalue weighted by atomic mass is 10.1. The predicted molar refractivity (Wildman–Crippen MR) is 101 cm³/mol. The van der Waals surface area contributed by atoms with Crippen molar-refractivity contribution in [1.29, 1.82) is 0 Å². The van der Waals surface area contributed by atoms with Gasteiger partial charge in [-0.1, -0.05) is 0 Å². The molecule has 1 aromatic carbocycles. The van der Waals surface area contributed by atoms with Crippen LogP contribution in [0.3, 0.4) is 0 Å². The summed E-state index contributed by atoms with van der Waals surface area (Å²) in [5, 5.41) is 0. The van der Waals surface area contributed by atoms with Crippen molar-refractivity contribution in [2.24, 2.45) is 0 Å². The molecule has 0 aliphatic carbocycles. The van der Waals surface area contributed by atoms with Gasteiger partial charge in [-0.15, -0.1) is 0 Å². The zero-order valence-corrected chi connectivity index (χ0v) is 17.6. The maximum absolute atomic E-state index is 12.0. The van der Waals surface area contributed by atoms with Gasteiger partial charge in [-0.3, -0.25) is 0 Å². The Balaban J connectivity index is 3.34. The van der Waals surface area contributed by atoms with Gasteiger partial charge in [-0.2, -0.15) is 0 Å². The maximum atomic E-state index is 12.0. The highest BCUT2D eigenvalue weighted by Crippen LogP contribution is 2.35. The van der Waals surface area contributed by atoms with Gasteiger partial charge in [-0.05, 0) is 102 Å². The Bertz CT molecular complexity index is 493. The highest BCUT2D eigenvalue weighted by atomic mass is 127. The second-order valence-electron chi connectivity index (χ2n) is 4.79. The summed E-state index contributed by atoms with van der Waals surface area (Å²) in [5.74, 6) is 0.448. The first-order chi connectivity index (χ1) is 8.67. The molecule has 1 aromatic rings. The Hall–Kier alpha value is 0.680. The minimum atomic E-state index is -0.307. The molecule has 0 bridgehead atoms. The molecule has 0 amide bonds. The molecule has 0 N–H and O–H groups in total. The van der Waals surface area contributed by atoms with Crippen molar-refractivity contribution in [3.8, 4) is 5.75 Å². The van der Waals surface area contributed by atoms with Gasteiger partial charge in [0.05, 0.1) is 19.3 Å². The number of benzene rings is 1. The molecule has 19 heavy (non-hydrogen) atoms. The summed E-state index contributed by atoms with van der Waals surface area (Å²) in [6.45, 7) is 8.13. The van der Waals surface area contributed by atoms with Gasteiger partial charge in [-0.25, -0.2) is 4.79 Å². The van der Waals surface area contributed by atoms with Crippen molar-refractivity contribution in [2.45, 2.75) is 33.3 Å². The third-order valence-corrected chi connectivity index (χ3v) is 4.70. The van der Waals surface area contributed by atoms with Crippen molar-refractivity contribution in [3.05, 3.63) is 22.3 Å². The zero-order chi connectivity index (χ0) is 14.8. The van der Waals surface area contributed by atoms with Crippen molar-refractivity contribution >= 4 is 73.7 Å². The molecule has 0 radical (unpaired) electrons. The summed E-state index contributed by atoms with van der Waals surface area (Å²) in [7, 11) is 0. The molecular formula is C13H15I3O3. The highest BCUT2D eigenvalue weighted by molar-refractivity contribution is 14.1. The van der Waals surface area contributed by atoms with Crippen LogP contribution in [0.5, 0.6) is 5.75 Å². The first-order valence-corrected chi connectivity index (χ1v) is 8.94. The van der Waals surface area contributed by atoms with Gasteiger partial charge >= 0.3 is 5.97 Å². The number of hydrogen-bond acceptors (Lipinski definition) is 3. The van der Waals surface area contributed by atoms with Gasteiger partial charge in [0.2, 0.25) is 0 Å². The first kappa shape index (κ1) is 17.7. The van der Waals surface area contributed by atoms with E-state index in [1.54, 1.807) is 6.92 Å². The molecule has 0 aliphatic rings. The number of carbonyl (C=O) groups is 1. The van der Waals surface area contributed by atoms with Crippen molar-refractivity contribution in [1.82, 2.24) is 0 Å². The second-order valence-corrected chi connectivity index (χ2v) is 8.20. The van der Waals surface area contributed by atoms with Crippen LogP contribution in [0.2, 0.25) is 0 Å². The van der Waals surface area contributed by atoms with Crippen LogP contribution in [0.1, 0.15) is 38.1 Å². The molecule has 0 aromatic heterocycles. The number of hydrogen-bond donors (Lipinski definition) is 0. The topological polar surface area (TPSA) is 35.5 Å². The van der Waals surface area contributed by atoms with Gasteiger partial charge < -0.3 is 9.47 Å². The molecular weight excluding hydrogens is 585 g/mol. The van der Waals surface area contributed by atoms with E-state index < -0.39 is 0 Å². The average Bonchev–Trinajstić information content (AvgIpc) is 2.23. The number of carbonyl (C=O) groups excluding carboxylic acids is 1. The molecule has 0 saturated heterocycles. The van der Waals surface area contributed by atoms with Crippen molar-refractivity contribution in [3.63, 3.8) is 0 Å². The van der Waals surface area contributed by atoms with E-state index in [2.05, 4.69) is 67.8 Å². The number of ether oxygens (including phenoxy) is 2. The molecule has 0 fully saturated rings. The van der Waals surface area contributed by atoms with Gasteiger partial charge in [0.1, 0.15) is 11.4 Å². The molecule has 3 nitrogen and oxygen atoms in total. The Morgan fingerprint density at radius 2 is 1.79 bits per heavy atom. The van der Waals surface area contributed by atoms with Crippen LogP contribution in [-0.4, -0.2) is 18.2 Å². The van der Waals surface area contributed by atoms with E-state index in [1.807, 2.05) is 26.8 Å². The summed E-state index contributed by atoms with van der Waals surface area (Å²) >= 11 is 6.53. The summed E-state index contributed by atoms with van der Waals surface area (Å²) in [4.78, 5) is 12.0. The van der Waals surface area contributed by atoms with Gasteiger partial charge in [0.15, 0.2) is 0 Å². The molecule has 0 heterocycles. The normalized spacial score (nSPS) is 11.3. The van der Waals surface area contributed by atoms with E-state index in [9.17, 15) is 4.79 Å². The summed E-state index contributed by atoms with van der Waals surface area (Å²) in [5.41, 5.74) is 0.279. The van der Waals surface area contributed by atoms with Crippen LogP contribution in [0, 0.1) is 10.7 Å². The average molecular weight is 600 g/mol. The SMILES string of the molecule is CCOC(=O)c1c(I)cc(I)c(OC(C)(C)C)c1I. The molecule has 0 spiro atoms. The monoisotopic (exact) mass is 600 g/mol. The predicted octanol–water partition coefficient (Wildman–Crippen LogP) is 4.85. The van der Waals surface area contributed by atoms with E-state index in [-0.39, 0.29) is 11.6 Å². The maximum Gasteiger partial charge on any atom is 0.340 e. The molecule has 106 valence electrons. The largest absolute Gasteiger partial charge is 0.486 e. The second kappa shape index (κ2) is 7.10. The highest BCUT2D eigenvalue weighted by Gasteiger charge is 2.24. The van der Waals surface area contributed by atoms with Gasteiger partial charge in [0, 0.05) is 3.57 Å². The molecule has 1 rings (SSSR count). The van der Waals surface area contributed by atoms with Crippen LogP contribution in [0.15, 0.2) is 6.07 Å². The van der Waals surface area contributed by atoms with E-state index in [1.165, 1.54) is 0 Å².